The van der Waals surface area contributed by atoms with E-state index in [0.717, 1.165) is 0 Å². The lowest BCUT2D eigenvalue weighted by Crippen LogP contribution is -2.22. The van der Waals surface area contributed by atoms with Gasteiger partial charge < -0.3 is 21.1 Å². The molecule has 4 N–H and O–H groups in total. The largest absolute Gasteiger partial charge is 0.495 e. The van der Waals surface area contributed by atoms with Gasteiger partial charge in [0.1, 0.15) is 5.75 Å². The van der Waals surface area contributed by atoms with Crippen LogP contribution in [0.1, 0.15) is 25.3 Å². The number of benzene rings is 1. The minimum Gasteiger partial charge on any atom is -0.495 e. The van der Waals surface area contributed by atoms with Gasteiger partial charge in [-0.15, -0.1) is 0 Å². The summed E-state index contributed by atoms with van der Waals surface area (Å²) < 4.78 is 5.21. The molecule has 0 bridgehead atoms. The van der Waals surface area contributed by atoms with Crippen molar-refractivity contribution < 1.29 is 14.3 Å². The summed E-state index contributed by atoms with van der Waals surface area (Å²) in [5, 5.41) is 5.44. The van der Waals surface area contributed by atoms with Crippen LogP contribution in [0.3, 0.4) is 0 Å². The molecule has 0 radical (unpaired) electrons. The molecule has 6 nitrogen and oxygen atoms in total. The second kappa shape index (κ2) is 9.42. The Bertz CT molecular complexity index is 588. The van der Waals surface area contributed by atoms with E-state index in [4.69, 9.17) is 10.5 Å². The molecule has 0 atom stereocenters. The van der Waals surface area contributed by atoms with Crippen LogP contribution in [-0.2, 0) is 9.59 Å². The second-order valence-corrected chi connectivity index (χ2v) is 4.56. The first kappa shape index (κ1) is 17.5. The summed E-state index contributed by atoms with van der Waals surface area (Å²) in [7, 11) is 1.56. The molecule has 0 aliphatic rings. The van der Waals surface area contributed by atoms with Crippen LogP contribution in [0.5, 0.6) is 5.75 Å². The zero-order chi connectivity index (χ0) is 16.4. The molecule has 0 aromatic heterocycles. The van der Waals surface area contributed by atoms with Gasteiger partial charge in [0.15, 0.2) is 0 Å². The first-order chi connectivity index (χ1) is 10.6. The van der Waals surface area contributed by atoms with Gasteiger partial charge in [-0.1, -0.05) is 11.8 Å². The minimum absolute atomic E-state index is 0.0984. The summed E-state index contributed by atoms with van der Waals surface area (Å²) >= 11 is 0. The van der Waals surface area contributed by atoms with Crippen molar-refractivity contribution in [3.8, 4) is 17.6 Å². The molecule has 0 fully saturated rings. The number of methoxy groups -OCH3 is 1. The van der Waals surface area contributed by atoms with E-state index < -0.39 is 0 Å². The third kappa shape index (κ3) is 6.29. The van der Waals surface area contributed by atoms with Gasteiger partial charge in [0.2, 0.25) is 11.8 Å². The van der Waals surface area contributed by atoms with Crippen LogP contribution >= 0.6 is 0 Å². The standard InChI is InChI=1S/C16H21N3O3/c1-12(20)18-10-4-6-16(21)19-14-7-8-15(22-2)13(11-14)5-3-9-17/h7-8,11H,4,6,9-10,17H2,1-2H3,(H,18,20)(H,19,21). The van der Waals surface area contributed by atoms with E-state index in [1.807, 2.05) is 0 Å². The summed E-state index contributed by atoms with van der Waals surface area (Å²) in [5.41, 5.74) is 6.68. The molecule has 6 heteroatoms. The molecule has 22 heavy (non-hydrogen) atoms. The monoisotopic (exact) mass is 303 g/mol. The van der Waals surface area contributed by atoms with E-state index >= 15 is 0 Å². The Kier molecular flexibility index (Phi) is 7.51. The Morgan fingerprint density at radius 3 is 2.77 bits per heavy atom. The molecular weight excluding hydrogens is 282 g/mol. The number of ether oxygens (including phenoxy) is 1. The number of amides is 2. The van der Waals surface area contributed by atoms with Gasteiger partial charge >= 0.3 is 0 Å². The molecule has 0 aliphatic carbocycles. The van der Waals surface area contributed by atoms with E-state index in [-0.39, 0.29) is 18.4 Å². The van der Waals surface area contributed by atoms with E-state index in [0.29, 0.717) is 36.4 Å². The second-order valence-electron chi connectivity index (χ2n) is 4.56. The highest BCUT2D eigenvalue weighted by Gasteiger charge is 2.06. The van der Waals surface area contributed by atoms with E-state index in [9.17, 15) is 9.59 Å². The van der Waals surface area contributed by atoms with Crippen molar-refractivity contribution in [1.29, 1.82) is 0 Å². The fourth-order valence-corrected chi connectivity index (χ4v) is 1.77. The van der Waals surface area contributed by atoms with Crippen LogP contribution in [0.4, 0.5) is 5.69 Å². The van der Waals surface area contributed by atoms with Crippen LogP contribution in [-0.4, -0.2) is 32.0 Å². The number of hydrogen-bond acceptors (Lipinski definition) is 4. The quantitative estimate of drug-likeness (QED) is 0.537. The fraction of sp³-hybridized carbons (Fsp3) is 0.375. The van der Waals surface area contributed by atoms with Crippen LogP contribution in [0, 0.1) is 11.8 Å². The van der Waals surface area contributed by atoms with Gasteiger partial charge in [0.25, 0.3) is 0 Å². The Hall–Kier alpha value is -2.52. The third-order valence-corrected chi connectivity index (χ3v) is 2.76. The number of anilines is 1. The number of carbonyl (C=O) groups excluding carboxylic acids is 2. The van der Waals surface area contributed by atoms with E-state index in [1.54, 1.807) is 25.3 Å². The molecule has 0 aliphatic heterocycles. The van der Waals surface area contributed by atoms with Crippen molar-refractivity contribution >= 4 is 17.5 Å². The maximum atomic E-state index is 11.8. The van der Waals surface area contributed by atoms with Crippen molar-refractivity contribution in [2.45, 2.75) is 19.8 Å². The predicted molar refractivity (Wildman–Crippen MR) is 85.5 cm³/mol. The van der Waals surface area contributed by atoms with Crippen molar-refractivity contribution in [3.05, 3.63) is 23.8 Å². The van der Waals surface area contributed by atoms with Crippen molar-refractivity contribution in [2.24, 2.45) is 5.73 Å². The van der Waals surface area contributed by atoms with Crippen molar-refractivity contribution in [3.63, 3.8) is 0 Å². The Morgan fingerprint density at radius 2 is 2.14 bits per heavy atom. The lowest BCUT2D eigenvalue weighted by molar-refractivity contribution is -0.119. The number of nitrogens with two attached hydrogens (primary N) is 1. The number of carbonyl (C=O) groups is 2. The summed E-state index contributed by atoms with van der Waals surface area (Å²) in [6.07, 6.45) is 0.914. The molecule has 118 valence electrons. The minimum atomic E-state index is -0.117. The highest BCUT2D eigenvalue weighted by Crippen LogP contribution is 2.21. The topological polar surface area (TPSA) is 93.5 Å². The Labute approximate surface area is 130 Å². The Balaban J connectivity index is 2.61. The SMILES string of the molecule is COc1ccc(NC(=O)CCCNC(C)=O)cc1C#CCN. The highest BCUT2D eigenvalue weighted by molar-refractivity contribution is 5.91. The zero-order valence-corrected chi connectivity index (χ0v) is 12.9. The molecular formula is C16H21N3O3. The maximum Gasteiger partial charge on any atom is 0.224 e. The molecule has 1 aromatic carbocycles. The van der Waals surface area contributed by atoms with Gasteiger partial charge in [-0.05, 0) is 24.6 Å². The lowest BCUT2D eigenvalue weighted by Gasteiger charge is -2.08. The molecule has 0 saturated carbocycles. The van der Waals surface area contributed by atoms with Gasteiger partial charge in [-0.2, -0.15) is 0 Å². The van der Waals surface area contributed by atoms with E-state index in [2.05, 4.69) is 22.5 Å². The van der Waals surface area contributed by atoms with Gasteiger partial charge in [0, 0.05) is 25.6 Å². The fourth-order valence-electron chi connectivity index (χ4n) is 1.77. The predicted octanol–water partition coefficient (Wildman–Crippen LogP) is 0.860. The van der Waals surface area contributed by atoms with Crippen molar-refractivity contribution in [2.75, 3.05) is 25.5 Å². The summed E-state index contributed by atoms with van der Waals surface area (Å²) in [5.74, 6) is 6.07. The normalized spacial score (nSPS) is 9.41. The van der Waals surface area contributed by atoms with Gasteiger partial charge in [-0.3, -0.25) is 9.59 Å². The highest BCUT2D eigenvalue weighted by atomic mass is 16.5. The summed E-state index contributed by atoms with van der Waals surface area (Å²) in [6.45, 7) is 2.18. The van der Waals surface area contributed by atoms with Crippen LogP contribution in [0.25, 0.3) is 0 Å². The summed E-state index contributed by atoms with van der Waals surface area (Å²) in [6, 6.07) is 5.23. The Morgan fingerprint density at radius 1 is 1.36 bits per heavy atom. The van der Waals surface area contributed by atoms with Gasteiger partial charge in [-0.25, -0.2) is 0 Å². The molecule has 1 rings (SSSR count). The third-order valence-electron chi connectivity index (χ3n) is 2.76. The van der Waals surface area contributed by atoms with E-state index in [1.165, 1.54) is 6.92 Å². The molecule has 2 amide bonds. The van der Waals surface area contributed by atoms with Crippen LogP contribution in [0.2, 0.25) is 0 Å². The average molecular weight is 303 g/mol. The first-order valence-corrected chi connectivity index (χ1v) is 6.98. The molecule has 0 spiro atoms. The lowest BCUT2D eigenvalue weighted by atomic mass is 10.1. The summed E-state index contributed by atoms with van der Waals surface area (Å²) in [4.78, 5) is 22.5. The van der Waals surface area contributed by atoms with Gasteiger partial charge in [0.05, 0.1) is 19.2 Å². The van der Waals surface area contributed by atoms with Crippen molar-refractivity contribution in [1.82, 2.24) is 5.32 Å². The molecule has 0 heterocycles. The van der Waals surface area contributed by atoms with Crippen LogP contribution < -0.4 is 21.1 Å². The molecule has 0 unspecified atom stereocenters. The smallest absolute Gasteiger partial charge is 0.224 e. The maximum absolute atomic E-state index is 11.8. The van der Waals surface area contributed by atoms with Crippen LogP contribution in [0.15, 0.2) is 18.2 Å². The molecule has 0 saturated heterocycles. The number of rotatable bonds is 6. The molecule has 1 aromatic rings. The number of nitrogens with one attached hydrogen (secondary N) is 2. The zero-order valence-electron chi connectivity index (χ0n) is 12.9. The average Bonchev–Trinajstić information content (AvgIpc) is 2.49. The first-order valence-electron chi connectivity index (χ1n) is 6.98. The number of hydrogen-bond donors (Lipinski definition) is 3.